The number of carbonyl (C=O) groups is 2. The van der Waals surface area contributed by atoms with E-state index in [2.05, 4.69) is 54.8 Å². The minimum Gasteiger partial charge on any atom is -0.300 e. The van der Waals surface area contributed by atoms with E-state index in [0.29, 0.717) is 10.3 Å². The molecule has 1 fully saturated rings. The van der Waals surface area contributed by atoms with E-state index in [0.717, 1.165) is 69.9 Å². The van der Waals surface area contributed by atoms with E-state index in [4.69, 9.17) is 0 Å². The Morgan fingerprint density at radius 1 is 0.789 bits per heavy atom. The summed E-state index contributed by atoms with van der Waals surface area (Å²) in [4.78, 5) is 33.8. The number of nitrogens with one attached hydrogen (secondary N) is 2. The van der Waals surface area contributed by atoms with Gasteiger partial charge in [-0.2, -0.15) is 0 Å². The number of thiazole rings is 2. The number of hydrogen-bond donors (Lipinski definition) is 2. The standard InChI is InChI=1S/C24H28N8O2S4/c1-3-19-25-15(11-35-19)9-17(33)27-23-31-29-21(37-23)13-6-5-7-14(8-13)22-30-32-24(38-22)28-18(34)10-16-12-36-20(4-2)26-16/h11-14H,3-10H2,1-2H3,(H,27,31,33)(H,28,32,34)/t13-,14-/m0/s1. The smallest absolute Gasteiger partial charge is 0.232 e. The van der Waals surface area contributed by atoms with E-state index >= 15 is 0 Å². The highest BCUT2D eigenvalue weighted by molar-refractivity contribution is 7.15. The molecule has 1 saturated carbocycles. The van der Waals surface area contributed by atoms with Crippen LogP contribution in [0, 0.1) is 0 Å². The zero-order chi connectivity index (χ0) is 26.5. The summed E-state index contributed by atoms with van der Waals surface area (Å²) in [5, 5.41) is 31.7. The summed E-state index contributed by atoms with van der Waals surface area (Å²) in [6.45, 7) is 4.10. The molecule has 2 N–H and O–H groups in total. The Hall–Kier alpha value is -2.68. The van der Waals surface area contributed by atoms with Gasteiger partial charge in [0.25, 0.3) is 0 Å². The van der Waals surface area contributed by atoms with Crippen LogP contribution in [0.15, 0.2) is 10.8 Å². The van der Waals surface area contributed by atoms with Gasteiger partial charge in [0.1, 0.15) is 10.0 Å². The Bertz CT molecular complexity index is 1290. The average Bonchev–Trinajstić information content (AvgIpc) is 3.72. The van der Waals surface area contributed by atoms with Crippen LogP contribution in [0.3, 0.4) is 0 Å². The molecule has 2 atom stereocenters. The van der Waals surface area contributed by atoms with Gasteiger partial charge in [0.05, 0.1) is 34.2 Å². The van der Waals surface area contributed by atoms with E-state index in [-0.39, 0.29) is 36.5 Å². The van der Waals surface area contributed by atoms with E-state index in [1.807, 2.05) is 10.8 Å². The topological polar surface area (TPSA) is 136 Å². The first-order valence-corrected chi connectivity index (χ1v) is 16.0. The monoisotopic (exact) mass is 588 g/mol. The Morgan fingerprint density at radius 2 is 1.26 bits per heavy atom. The minimum absolute atomic E-state index is 0.133. The number of amides is 2. The van der Waals surface area contributed by atoms with Gasteiger partial charge in [0, 0.05) is 22.6 Å². The maximum Gasteiger partial charge on any atom is 0.232 e. The third-order valence-corrected chi connectivity index (χ3v) is 10.3. The van der Waals surface area contributed by atoms with Crippen molar-refractivity contribution in [1.29, 1.82) is 0 Å². The maximum absolute atomic E-state index is 12.4. The van der Waals surface area contributed by atoms with Gasteiger partial charge < -0.3 is 10.6 Å². The normalized spacial score (nSPS) is 17.4. The van der Waals surface area contributed by atoms with Crippen molar-refractivity contribution in [1.82, 2.24) is 30.4 Å². The summed E-state index contributed by atoms with van der Waals surface area (Å²) in [5.41, 5.74) is 1.57. The number of rotatable bonds is 10. The SMILES string of the molecule is CCc1nc(CC(=O)Nc2nnc([C@H]3CCC[C@H](c4nnc(NC(=O)Cc5csc(CC)n5)s4)C3)s2)cs1. The molecule has 0 spiro atoms. The van der Waals surface area contributed by atoms with E-state index in [1.54, 1.807) is 22.7 Å². The van der Waals surface area contributed by atoms with Gasteiger partial charge in [0.2, 0.25) is 22.1 Å². The highest BCUT2D eigenvalue weighted by atomic mass is 32.1. The second kappa shape index (κ2) is 12.5. The molecule has 0 radical (unpaired) electrons. The molecule has 38 heavy (non-hydrogen) atoms. The minimum atomic E-state index is -0.133. The molecule has 1 aliphatic rings. The fourth-order valence-corrected chi connectivity index (χ4v) is 7.68. The van der Waals surface area contributed by atoms with E-state index < -0.39 is 0 Å². The van der Waals surface area contributed by atoms with Crippen LogP contribution in [0.5, 0.6) is 0 Å². The van der Waals surface area contributed by atoms with Crippen molar-refractivity contribution >= 4 is 67.4 Å². The number of hydrogen-bond acceptors (Lipinski definition) is 12. The third kappa shape index (κ3) is 6.84. The van der Waals surface area contributed by atoms with E-state index in [9.17, 15) is 9.59 Å². The van der Waals surface area contributed by atoms with Crippen LogP contribution in [-0.2, 0) is 35.3 Å². The lowest BCUT2D eigenvalue weighted by atomic mass is 9.82. The van der Waals surface area contributed by atoms with Crippen LogP contribution in [-0.4, -0.2) is 42.2 Å². The summed E-state index contributed by atoms with van der Waals surface area (Å²) in [7, 11) is 0. The number of anilines is 2. The predicted octanol–water partition coefficient (Wildman–Crippen LogP) is 5.23. The fourth-order valence-electron chi connectivity index (χ4n) is 4.38. The maximum atomic E-state index is 12.4. The summed E-state index contributed by atoms with van der Waals surface area (Å²) >= 11 is 6.03. The lowest BCUT2D eigenvalue weighted by Gasteiger charge is -2.25. The van der Waals surface area contributed by atoms with Crippen molar-refractivity contribution < 1.29 is 9.59 Å². The number of aryl methyl sites for hydroxylation is 2. The van der Waals surface area contributed by atoms with Crippen molar-refractivity contribution in [3.8, 4) is 0 Å². The van der Waals surface area contributed by atoms with Gasteiger partial charge >= 0.3 is 0 Å². The highest BCUT2D eigenvalue weighted by Crippen LogP contribution is 2.43. The van der Waals surface area contributed by atoms with Gasteiger partial charge in [0.15, 0.2) is 0 Å². The number of nitrogens with zero attached hydrogens (tertiary/aromatic N) is 6. The van der Waals surface area contributed by atoms with Crippen LogP contribution >= 0.6 is 45.3 Å². The van der Waals surface area contributed by atoms with Crippen molar-refractivity contribution in [3.63, 3.8) is 0 Å². The lowest BCUT2D eigenvalue weighted by molar-refractivity contribution is -0.116. The molecule has 200 valence electrons. The Labute approximate surface area is 236 Å². The van der Waals surface area contributed by atoms with Gasteiger partial charge in [-0.15, -0.1) is 43.1 Å². The van der Waals surface area contributed by atoms with Crippen LogP contribution in [0.4, 0.5) is 10.3 Å². The molecule has 0 aliphatic heterocycles. The molecule has 0 saturated heterocycles. The molecule has 0 unspecified atom stereocenters. The molecule has 2 amide bonds. The summed E-state index contributed by atoms with van der Waals surface area (Å²) in [6.07, 6.45) is 6.18. The first kappa shape index (κ1) is 26.9. The average molecular weight is 589 g/mol. The molecule has 14 heteroatoms. The van der Waals surface area contributed by atoms with Crippen molar-refractivity contribution in [2.45, 2.75) is 77.0 Å². The number of aromatic nitrogens is 6. The number of carbonyl (C=O) groups excluding carboxylic acids is 2. The Balaban J connectivity index is 1.14. The van der Waals surface area contributed by atoms with Gasteiger partial charge in [-0.05, 0) is 32.1 Å². The Morgan fingerprint density at radius 3 is 1.68 bits per heavy atom. The fraction of sp³-hybridized carbons (Fsp3) is 0.500. The zero-order valence-corrected chi connectivity index (χ0v) is 24.4. The van der Waals surface area contributed by atoms with Gasteiger partial charge in [-0.25, -0.2) is 9.97 Å². The summed E-state index contributed by atoms with van der Waals surface area (Å²) in [6, 6.07) is 0. The predicted molar refractivity (Wildman–Crippen MR) is 151 cm³/mol. The lowest BCUT2D eigenvalue weighted by Crippen LogP contribution is -2.14. The Kier molecular flexibility index (Phi) is 8.82. The third-order valence-electron chi connectivity index (χ3n) is 6.23. The van der Waals surface area contributed by atoms with E-state index in [1.165, 1.54) is 22.7 Å². The summed E-state index contributed by atoms with van der Waals surface area (Å²) in [5.74, 6) is 0.237. The molecule has 0 bridgehead atoms. The van der Waals surface area contributed by atoms with Crippen molar-refractivity contribution in [2.75, 3.05) is 10.6 Å². The quantitative estimate of drug-likeness (QED) is 0.257. The van der Waals surface area contributed by atoms with Crippen LogP contribution in [0.2, 0.25) is 0 Å². The molecule has 4 aromatic rings. The first-order chi connectivity index (χ1) is 18.5. The summed E-state index contributed by atoms with van der Waals surface area (Å²) < 4.78 is 0. The largest absolute Gasteiger partial charge is 0.300 e. The molecular weight excluding hydrogens is 561 g/mol. The second-order valence-corrected chi connectivity index (χ2v) is 13.0. The molecule has 4 heterocycles. The van der Waals surface area contributed by atoms with Crippen LogP contribution in [0.25, 0.3) is 0 Å². The second-order valence-electron chi connectivity index (χ2n) is 9.07. The molecule has 0 aromatic carbocycles. The highest BCUT2D eigenvalue weighted by Gasteiger charge is 2.29. The van der Waals surface area contributed by atoms with Crippen LogP contribution < -0.4 is 10.6 Å². The van der Waals surface area contributed by atoms with Gasteiger partial charge in [-0.1, -0.05) is 42.9 Å². The molecular formula is C24H28N8O2S4. The first-order valence-electron chi connectivity index (χ1n) is 12.6. The molecule has 10 nitrogen and oxygen atoms in total. The molecule has 5 rings (SSSR count). The molecule has 1 aliphatic carbocycles. The molecule has 4 aromatic heterocycles. The zero-order valence-electron chi connectivity index (χ0n) is 21.1. The van der Waals surface area contributed by atoms with Crippen molar-refractivity contribution in [3.05, 3.63) is 42.2 Å². The van der Waals surface area contributed by atoms with Gasteiger partial charge in [-0.3, -0.25) is 9.59 Å². The van der Waals surface area contributed by atoms with Crippen molar-refractivity contribution in [2.24, 2.45) is 0 Å². The van der Waals surface area contributed by atoms with Crippen LogP contribution in [0.1, 0.15) is 82.8 Å².